The van der Waals surface area contributed by atoms with Gasteiger partial charge in [0.05, 0.1) is 29.9 Å². The number of ether oxygens (including phenoxy) is 2. The van der Waals surface area contributed by atoms with Crippen molar-refractivity contribution in [3.8, 4) is 11.5 Å². The summed E-state index contributed by atoms with van der Waals surface area (Å²) in [5.41, 5.74) is 1.05. The smallest absolute Gasteiger partial charge is 0.247 e. The number of amides is 2. The molecule has 1 aromatic rings. The first-order valence-electron chi connectivity index (χ1n) is 14.4. The molecule has 0 bridgehead atoms. The van der Waals surface area contributed by atoms with Crippen molar-refractivity contribution in [2.75, 3.05) is 26.8 Å². The molecule has 2 amide bonds. The Bertz CT molecular complexity index is 1030. The summed E-state index contributed by atoms with van der Waals surface area (Å²) in [4.78, 5) is 28.5. The Morgan fingerprint density at radius 1 is 1.20 bits per heavy atom. The van der Waals surface area contributed by atoms with Crippen LogP contribution in [0.4, 0.5) is 0 Å². The number of hydrogen-bond acceptors (Lipinski definition) is 7. The molecule has 0 aliphatic heterocycles. The maximum absolute atomic E-state index is 13.7. The number of benzene rings is 1. The lowest BCUT2D eigenvalue weighted by molar-refractivity contribution is -0.139. The Hall–Kier alpha value is -1.89. The molecule has 3 atom stereocenters. The Kier molecular flexibility index (Phi) is 13.0. The van der Waals surface area contributed by atoms with Gasteiger partial charge in [-0.1, -0.05) is 39.5 Å². The quantitative estimate of drug-likeness (QED) is 0.223. The van der Waals surface area contributed by atoms with Crippen LogP contribution in [-0.2, 0) is 16.2 Å². The number of aliphatic hydroxyl groups excluding tert-OH is 3. The van der Waals surface area contributed by atoms with Gasteiger partial charge in [-0.3, -0.25) is 9.59 Å². The van der Waals surface area contributed by atoms with Gasteiger partial charge in [0.15, 0.2) is 11.5 Å². The van der Waals surface area contributed by atoms with Crippen molar-refractivity contribution in [1.82, 2.24) is 10.2 Å². The number of rotatable bonds is 14. The zero-order valence-electron chi connectivity index (χ0n) is 23.9. The summed E-state index contributed by atoms with van der Waals surface area (Å²) in [5, 5.41) is 33.2. The Morgan fingerprint density at radius 3 is 2.55 bits per heavy atom. The molecule has 0 saturated heterocycles. The van der Waals surface area contributed by atoms with Crippen molar-refractivity contribution in [3.05, 3.63) is 32.9 Å². The first-order valence-corrected chi connectivity index (χ1v) is 15.5. The molecule has 1 aromatic carbocycles. The SMILES string of the molecule is COc1cc(CO)cc(I)c1OC1C=C(C(=O)NCCO)CC(N(CCC(C)C)C(=O)CCC2CCCC2)C1O. The molecule has 2 aliphatic carbocycles. The van der Waals surface area contributed by atoms with E-state index in [2.05, 4.69) is 41.8 Å². The van der Waals surface area contributed by atoms with Gasteiger partial charge in [-0.05, 0) is 71.0 Å². The summed E-state index contributed by atoms with van der Waals surface area (Å²) in [5.74, 6) is 1.34. The summed E-state index contributed by atoms with van der Waals surface area (Å²) < 4.78 is 12.5. The van der Waals surface area contributed by atoms with Crippen molar-refractivity contribution in [3.63, 3.8) is 0 Å². The standard InChI is InChI=1S/C30H45IN2O7/c1-19(2)10-12-33(27(36)9-8-20-6-4-5-7-20)24-16-22(30(38)32-11-13-34)17-25(28(24)37)40-29-23(31)14-21(18-35)15-26(29)39-3/h14-15,17,19-20,24-25,28,34-35,37H,4-13,16,18H2,1-3H3,(H,32,38). The fourth-order valence-electron chi connectivity index (χ4n) is 5.54. The van der Waals surface area contributed by atoms with E-state index in [1.54, 1.807) is 23.1 Å². The van der Waals surface area contributed by atoms with Gasteiger partial charge in [0.2, 0.25) is 11.8 Å². The van der Waals surface area contributed by atoms with Crippen molar-refractivity contribution in [2.24, 2.45) is 11.8 Å². The molecule has 10 heteroatoms. The van der Waals surface area contributed by atoms with E-state index < -0.39 is 18.2 Å². The third kappa shape index (κ3) is 8.80. The Morgan fingerprint density at radius 2 is 1.93 bits per heavy atom. The fraction of sp³-hybridized carbons (Fsp3) is 0.667. The highest BCUT2D eigenvalue weighted by Crippen LogP contribution is 2.37. The third-order valence-electron chi connectivity index (χ3n) is 7.85. The minimum atomic E-state index is -1.09. The summed E-state index contributed by atoms with van der Waals surface area (Å²) in [7, 11) is 1.50. The number of aliphatic hydroxyl groups is 3. The molecule has 224 valence electrons. The largest absolute Gasteiger partial charge is 0.493 e. The lowest BCUT2D eigenvalue weighted by atomic mass is 9.87. The monoisotopic (exact) mass is 672 g/mol. The van der Waals surface area contributed by atoms with Gasteiger partial charge in [0.25, 0.3) is 0 Å². The van der Waals surface area contributed by atoms with Crippen LogP contribution in [0.5, 0.6) is 11.5 Å². The van der Waals surface area contributed by atoms with E-state index in [-0.39, 0.29) is 38.0 Å². The number of hydrogen-bond donors (Lipinski definition) is 4. The molecular formula is C30H45IN2O7. The fourth-order valence-corrected chi connectivity index (χ4v) is 6.33. The number of nitrogens with zero attached hydrogens (tertiary/aromatic N) is 1. The molecule has 4 N–H and O–H groups in total. The predicted octanol–water partition coefficient (Wildman–Crippen LogP) is 3.55. The van der Waals surface area contributed by atoms with Crippen molar-refractivity contribution in [2.45, 2.75) is 90.1 Å². The van der Waals surface area contributed by atoms with Crippen LogP contribution in [0.3, 0.4) is 0 Å². The Balaban J connectivity index is 1.93. The van der Waals surface area contributed by atoms with Crippen LogP contribution in [0, 0.1) is 15.4 Å². The summed E-state index contributed by atoms with van der Waals surface area (Å²) in [6.45, 7) is 4.42. The molecule has 0 radical (unpaired) electrons. The average Bonchev–Trinajstić information content (AvgIpc) is 3.46. The van der Waals surface area contributed by atoms with Crippen LogP contribution in [0.15, 0.2) is 23.8 Å². The number of carbonyl (C=O) groups excluding carboxylic acids is 2. The highest BCUT2D eigenvalue weighted by Gasteiger charge is 2.41. The molecule has 0 aromatic heterocycles. The van der Waals surface area contributed by atoms with Crippen molar-refractivity contribution in [1.29, 1.82) is 0 Å². The number of methoxy groups -OCH3 is 1. The number of carbonyl (C=O) groups is 2. The van der Waals surface area contributed by atoms with E-state index in [0.29, 0.717) is 51.0 Å². The second-order valence-electron chi connectivity index (χ2n) is 11.2. The van der Waals surface area contributed by atoms with E-state index >= 15 is 0 Å². The average molecular weight is 673 g/mol. The maximum atomic E-state index is 13.7. The van der Waals surface area contributed by atoms with Gasteiger partial charge >= 0.3 is 0 Å². The second kappa shape index (κ2) is 15.9. The van der Waals surface area contributed by atoms with E-state index in [9.17, 15) is 24.9 Å². The summed E-state index contributed by atoms with van der Waals surface area (Å²) in [6, 6.07) is 2.79. The molecule has 9 nitrogen and oxygen atoms in total. The minimum Gasteiger partial charge on any atom is -0.493 e. The van der Waals surface area contributed by atoms with Crippen LogP contribution >= 0.6 is 22.6 Å². The zero-order valence-corrected chi connectivity index (χ0v) is 26.1. The number of halogens is 1. The summed E-state index contributed by atoms with van der Waals surface area (Å²) >= 11 is 2.09. The molecule has 0 heterocycles. The first kappa shape index (κ1) is 32.6. The van der Waals surface area contributed by atoms with E-state index in [1.165, 1.54) is 20.0 Å². The van der Waals surface area contributed by atoms with Crippen molar-refractivity contribution >= 4 is 34.4 Å². The van der Waals surface area contributed by atoms with E-state index in [0.717, 1.165) is 25.7 Å². The van der Waals surface area contributed by atoms with E-state index in [1.807, 2.05) is 0 Å². The van der Waals surface area contributed by atoms with Gasteiger partial charge in [-0.25, -0.2) is 0 Å². The zero-order chi connectivity index (χ0) is 29.2. The predicted molar refractivity (Wildman–Crippen MR) is 161 cm³/mol. The molecule has 1 saturated carbocycles. The highest BCUT2D eigenvalue weighted by molar-refractivity contribution is 14.1. The molecule has 3 unspecified atom stereocenters. The molecule has 40 heavy (non-hydrogen) atoms. The lowest BCUT2D eigenvalue weighted by Gasteiger charge is -2.41. The molecule has 3 rings (SSSR count). The first-order chi connectivity index (χ1) is 19.2. The van der Waals surface area contributed by atoms with Gasteiger partial charge in [0.1, 0.15) is 12.2 Å². The normalized spacial score (nSPS) is 21.3. The van der Waals surface area contributed by atoms with Crippen molar-refractivity contribution < 1.29 is 34.4 Å². The van der Waals surface area contributed by atoms with Crippen LogP contribution in [0.1, 0.15) is 70.8 Å². The topological polar surface area (TPSA) is 129 Å². The van der Waals surface area contributed by atoms with Gasteiger partial charge in [-0.2, -0.15) is 0 Å². The highest BCUT2D eigenvalue weighted by atomic mass is 127. The molecule has 0 spiro atoms. The maximum Gasteiger partial charge on any atom is 0.247 e. The third-order valence-corrected chi connectivity index (χ3v) is 8.65. The van der Waals surface area contributed by atoms with Gasteiger partial charge < -0.3 is 35.0 Å². The van der Waals surface area contributed by atoms with Gasteiger partial charge in [0, 0.05) is 31.5 Å². The lowest BCUT2D eigenvalue weighted by Crippen LogP contribution is -2.55. The molecule has 2 aliphatic rings. The summed E-state index contributed by atoms with van der Waals surface area (Å²) in [6.07, 6.45) is 6.56. The van der Waals surface area contributed by atoms with Crippen LogP contribution in [0.25, 0.3) is 0 Å². The minimum absolute atomic E-state index is 0.00757. The Labute approximate surface area is 251 Å². The van der Waals surface area contributed by atoms with Crippen LogP contribution in [0.2, 0.25) is 0 Å². The van der Waals surface area contributed by atoms with Gasteiger partial charge in [-0.15, -0.1) is 0 Å². The molecular weight excluding hydrogens is 627 g/mol. The molecule has 1 fully saturated rings. The second-order valence-corrected chi connectivity index (χ2v) is 12.4. The number of nitrogens with one attached hydrogen (secondary N) is 1. The van der Waals surface area contributed by atoms with Crippen LogP contribution in [-0.4, -0.2) is 77.1 Å². The van der Waals surface area contributed by atoms with E-state index in [4.69, 9.17) is 9.47 Å². The van der Waals surface area contributed by atoms with Crippen LogP contribution < -0.4 is 14.8 Å².